The topological polar surface area (TPSA) is 98.7 Å². The van der Waals surface area contributed by atoms with Crippen molar-refractivity contribution in [2.75, 3.05) is 6.54 Å². The Balaban J connectivity index is 2.52. The van der Waals surface area contributed by atoms with Gasteiger partial charge in [0.1, 0.15) is 0 Å². The van der Waals surface area contributed by atoms with Crippen LogP contribution in [0.15, 0.2) is 24.3 Å². The van der Waals surface area contributed by atoms with E-state index in [1.54, 1.807) is 25.1 Å². The molecule has 0 fully saturated rings. The number of carbonyl (C=O) groups is 2. The molecule has 2 amide bonds. The van der Waals surface area contributed by atoms with E-state index in [4.69, 9.17) is 16.7 Å². The van der Waals surface area contributed by atoms with Crippen LogP contribution in [0.1, 0.15) is 25.5 Å². The Kier molecular flexibility index (Phi) is 5.35. The number of aliphatic carboxylic acids is 1. The Labute approximate surface area is 121 Å². The Morgan fingerprint density at radius 2 is 2.10 bits per heavy atom. The second-order valence-electron chi connectivity index (χ2n) is 4.68. The molecule has 0 aliphatic rings. The van der Waals surface area contributed by atoms with Crippen LogP contribution in [0.25, 0.3) is 0 Å². The molecule has 0 aliphatic carbocycles. The highest BCUT2D eigenvalue weighted by Crippen LogP contribution is 2.17. The zero-order valence-corrected chi connectivity index (χ0v) is 11.9. The van der Waals surface area contributed by atoms with Crippen LogP contribution < -0.4 is 10.6 Å². The third-order valence-electron chi connectivity index (χ3n) is 2.75. The Morgan fingerprint density at radius 3 is 2.65 bits per heavy atom. The van der Waals surface area contributed by atoms with Crippen molar-refractivity contribution in [1.82, 2.24) is 10.6 Å². The highest BCUT2D eigenvalue weighted by molar-refractivity contribution is 6.30. The molecule has 1 aromatic rings. The molecule has 6 nitrogen and oxygen atoms in total. The number of carbonyl (C=O) groups excluding carboxylic acids is 1. The molecule has 0 bridgehead atoms. The zero-order valence-electron chi connectivity index (χ0n) is 11.2. The largest absolute Gasteiger partial charge is 0.479 e. The maximum Gasteiger partial charge on any atom is 0.337 e. The summed E-state index contributed by atoms with van der Waals surface area (Å²) < 4.78 is 0. The predicted molar refractivity (Wildman–Crippen MR) is 74.7 cm³/mol. The molecule has 110 valence electrons. The number of hydrogen-bond acceptors (Lipinski definition) is 3. The van der Waals surface area contributed by atoms with Gasteiger partial charge >= 0.3 is 12.0 Å². The smallest absolute Gasteiger partial charge is 0.337 e. The van der Waals surface area contributed by atoms with Crippen molar-refractivity contribution in [3.05, 3.63) is 34.9 Å². The quantitative estimate of drug-likeness (QED) is 0.663. The lowest BCUT2D eigenvalue weighted by Crippen LogP contribution is -2.49. The predicted octanol–water partition coefficient (Wildman–Crippen LogP) is 1.54. The average molecular weight is 301 g/mol. The molecule has 0 saturated heterocycles. The zero-order chi connectivity index (χ0) is 15.3. The van der Waals surface area contributed by atoms with E-state index in [9.17, 15) is 14.7 Å². The minimum absolute atomic E-state index is 0.302. The third kappa shape index (κ3) is 4.71. The maximum absolute atomic E-state index is 11.6. The number of amides is 2. The molecular formula is C13H17ClN2O4. The lowest BCUT2D eigenvalue weighted by atomic mass is 10.1. The van der Waals surface area contributed by atoms with E-state index in [0.29, 0.717) is 5.02 Å². The van der Waals surface area contributed by atoms with Crippen LogP contribution >= 0.6 is 11.6 Å². The van der Waals surface area contributed by atoms with E-state index in [2.05, 4.69) is 10.6 Å². The molecular weight excluding hydrogens is 284 g/mol. The molecule has 0 heterocycles. The summed E-state index contributed by atoms with van der Waals surface area (Å²) in [5, 5.41) is 23.7. The highest BCUT2D eigenvalue weighted by atomic mass is 35.5. The van der Waals surface area contributed by atoms with Crippen LogP contribution in [0.3, 0.4) is 0 Å². The molecule has 0 radical (unpaired) electrons. The Morgan fingerprint density at radius 1 is 1.45 bits per heavy atom. The highest BCUT2D eigenvalue weighted by Gasteiger charge is 2.30. The molecule has 1 aromatic carbocycles. The second kappa shape index (κ2) is 6.58. The van der Waals surface area contributed by atoms with Crippen molar-refractivity contribution in [2.24, 2.45) is 0 Å². The number of hydrogen-bond donors (Lipinski definition) is 4. The first-order valence-corrected chi connectivity index (χ1v) is 6.36. The lowest BCUT2D eigenvalue weighted by Gasteiger charge is -2.20. The number of benzene rings is 1. The van der Waals surface area contributed by atoms with Gasteiger partial charge in [-0.3, -0.25) is 0 Å². The number of halogens is 1. The van der Waals surface area contributed by atoms with Crippen molar-refractivity contribution in [2.45, 2.75) is 25.5 Å². The molecule has 7 heteroatoms. The van der Waals surface area contributed by atoms with E-state index < -0.39 is 24.1 Å². The standard InChI is InChI=1S/C13H17ClN2O4/c1-8(9-4-3-5-10(14)6-9)16-12(19)15-7-13(2,20)11(17)18/h3-6,8,20H,7H2,1-2H3,(H,17,18)(H2,15,16,19). The van der Waals surface area contributed by atoms with Crippen molar-refractivity contribution >= 4 is 23.6 Å². The Bertz CT molecular complexity index is 505. The van der Waals surface area contributed by atoms with Gasteiger partial charge in [0.25, 0.3) is 0 Å². The SMILES string of the molecule is CC(NC(=O)NCC(C)(O)C(=O)O)c1cccc(Cl)c1. The molecule has 0 aromatic heterocycles. The monoisotopic (exact) mass is 300 g/mol. The summed E-state index contributed by atoms with van der Waals surface area (Å²) in [4.78, 5) is 22.3. The van der Waals surface area contributed by atoms with Gasteiger partial charge < -0.3 is 20.8 Å². The van der Waals surface area contributed by atoms with Gasteiger partial charge in [0.2, 0.25) is 0 Å². The van der Waals surface area contributed by atoms with Crippen molar-refractivity contribution in [1.29, 1.82) is 0 Å². The van der Waals surface area contributed by atoms with Gasteiger partial charge in [0, 0.05) is 5.02 Å². The summed E-state index contributed by atoms with van der Waals surface area (Å²) in [5.74, 6) is -1.40. The minimum Gasteiger partial charge on any atom is -0.479 e. The van der Waals surface area contributed by atoms with Gasteiger partial charge in [0.05, 0.1) is 12.6 Å². The summed E-state index contributed by atoms with van der Waals surface area (Å²) in [7, 11) is 0. The van der Waals surface area contributed by atoms with E-state index in [0.717, 1.165) is 12.5 Å². The second-order valence-corrected chi connectivity index (χ2v) is 5.12. The van der Waals surface area contributed by atoms with Gasteiger partial charge in [-0.1, -0.05) is 23.7 Å². The fourth-order valence-corrected chi connectivity index (χ4v) is 1.63. The van der Waals surface area contributed by atoms with Crippen LogP contribution in [0.4, 0.5) is 4.79 Å². The average Bonchev–Trinajstić information content (AvgIpc) is 2.36. The van der Waals surface area contributed by atoms with Gasteiger partial charge in [-0.2, -0.15) is 0 Å². The number of carboxylic acids is 1. The van der Waals surface area contributed by atoms with Gasteiger partial charge in [-0.15, -0.1) is 0 Å². The third-order valence-corrected chi connectivity index (χ3v) is 2.99. The summed E-state index contributed by atoms with van der Waals surface area (Å²) in [5.41, 5.74) is -1.19. The molecule has 2 atom stereocenters. The summed E-state index contributed by atoms with van der Waals surface area (Å²) in [6.07, 6.45) is 0. The molecule has 1 rings (SSSR count). The molecule has 2 unspecified atom stereocenters. The van der Waals surface area contributed by atoms with Crippen molar-refractivity contribution in [3.63, 3.8) is 0 Å². The molecule has 0 saturated carbocycles. The Hall–Kier alpha value is -1.79. The molecule has 4 N–H and O–H groups in total. The number of carboxylic acid groups (broad SMARTS) is 1. The first-order chi connectivity index (χ1) is 9.22. The number of rotatable bonds is 5. The van der Waals surface area contributed by atoms with E-state index in [1.807, 2.05) is 6.07 Å². The van der Waals surface area contributed by atoms with Crippen LogP contribution in [-0.4, -0.2) is 34.4 Å². The first kappa shape index (κ1) is 16.3. The molecule has 20 heavy (non-hydrogen) atoms. The van der Waals surface area contributed by atoms with Crippen molar-refractivity contribution in [3.8, 4) is 0 Å². The van der Waals surface area contributed by atoms with Crippen LogP contribution in [-0.2, 0) is 4.79 Å². The number of urea groups is 1. The van der Waals surface area contributed by atoms with Crippen LogP contribution in [0.5, 0.6) is 0 Å². The number of aliphatic hydroxyl groups is 1. The maximum atomic E-state index is 11.6. The van der Waals surface area contributed by atoms with Gasteiger partial charge in [0.15, 0.2) is 5.60 Å². The fraction of sp³-hybridized carbons (Fsp3) is 0.385. The van der Waals surface area contributed by atoms with Gasteiger partial charge in [-0.25, -0.2) is 9.59 Å². The fourth-order valence-electron chi connectivity index (χ4n) is 1.43. The first-order valence-electron chi connectivity index (χ1n) is 5.98. The van der Waals surface area contributed by atoms with Crippen LogP contribution in [0.2, 0.25) is 5.02 Å². The van der Waals surface area contributed by atoms with Gasteiger partial charge in [-0.05, 0) is 31.5 Å². The number of nitrogens with one attached hydrogen (secondary N) is 2. The molecule has 0 aliphatic heterocycles. The van der Waals surface area contributed by atoms with E-state index >= 15 is 0 Å². The summed E-state index contributed by atoms with van der Waals surface area (Å²) >= 11 is 5.85. The normalized spacial score (nSPS) is 15.0. The van der Waals surface area contributed by atoms with Crippen molar-refractivity contribution < 1.29 is 19.8 Å². The molecule has 0 spiro atoms. The van der Waals surface area contributed by atoms with E-state index in [1.165, 1.54) is 0 Å². The lowest BCUT2D eigenvalue weighted by molar-refractivity contribution is -0.155. The summed E-state index contributed by atoms with van der Waals surface area (Å²) in [6.45, 7) is 2.48. The minimum atomic E-state index is -2.00. The van der Waals surface area contributed by atoms with Crippen LogP contribution in [0, 0.1) is 0 Å². The summed E-state index contributed by atoms with van der Waals surface area (Å²) in [6, 6.07) is 6.15. The van der Waals surface area contributed by atoms with E-state index in [-0.39, 0.29) is 6.04 Å².